The molecular formula is C28H41N. The van der Waals surface area contributed by atoms with Crippen molar-refractivity contribution in [1.82, 2.24) is 0 Å². The lowest BCUT2D eigenvalue weighted by atomic mass is 9.68. The second-order valence-electron chi connectivity index (χ2n) is 9.76. The molecule has 1 aromatic rings. The summed E-state index contributed by atoms with van der Waals surface area (Å²) in [6, 6.07) is 11.5. The molecule has 2 aliphatic rings. The van der Waals surface area contributed by atoms with E-state index in [1.807, 2.05) is 0 Å². The average Bonchev–Trinajstić information content (AvgIpc) is 2.77. The van der Waals surface area contributed by atoms with Crippen LogP contribution < -0.4 is 0 Å². The summed E-state index contributed by atoms with van der Waals surface area (Å²) in [6.07, 6.45) is 23.1. The molecule has 0 bridgehead atoms. The van der Waals surface area contributed by atoms with Crippen molar-refractivity contribution in [1.29, 1.82) is 5.26 Å². The summed E-state index contributed by atoms with van der Waals surface area (Å²) in [6.45, 7) is 2.25. The molecule has 158 valence electrons. The van der Waals surface area contributed by atoms with Crippen LogP contribution in [0.5, 0.6) is 0 Å². The molecule has 1 aromatic carbocycles. The Balaban J connectivity index is 1.27. The van der Waals surface area contributed by atoms with Crippen LogP contribution in [-0.2, 0) is 12.8 Å². The van der Waals surface area contributed by atoms with Crippen LogP contribution in [0, 0.1) is 35.0 Å². The van der Waals surface area contributed by atoms with Gasteiger partial charge in [0.05, 0.1) is 6.07 Å². The van der Waals surface area contributed by atoms with Crippen LogP contribution in [0.4, 0.5) is 0 Å². The Labute approximate surface area is 179 Å². The van der Waals surface area contributed by atoms with Gasteiger partial charge < -0.3 is 0 Å². The van der Waals surface area contributed by atoms with Crippen molar-refractivity contribution in [3.63, 3.8) is 0 Å². The second kappa shape index (κ2) is 12.2. The van der Waals surface area contributed by atoms with Crippen LogP contribution in [0.1, 0.15) is 95.1 Å². The molecule has 29 heavy (non-hydrogen) atoms. The topological polar surface area (TPSA) is 23.8 Å². The Morgan fingerprint density at radius 1 is 0.828 bits per heavy atom. The summed E-state index contributed by atoms with van der Waals surface area (Å²) in [4.78, 5) is 0. The molecule has 0 amide bonds. The molecule has 1 nitrogen and oxygen atoms in total. The van der Waals surface area contributed by atoms with Crippen molar-refractivity contribution in [2.24, 2.45) is 23.7 Å². The van der Waals surface area contributed by atoms with E-state index >= 15 is 0 Å². The van der Waals surface area contributed by atoms with Crippen LogP contribution in [-0.4, -0.2) is 0 Å². The van der Waals surface area contributed by atoms with Crippen molar-refractivity contribution in [2.45, 2.75) is 96.8 Å². The van der Waals surface area contributed by atoms with Gasteiger partial charge >= 0.3 is 0 Å². The molecule has 2 fully saturated rings. The lowest BCUT2D eigenvalue weighted by Gasteiger charge is -2.37. The second-order valence-corrected chi connectivity index (χ2v) is 9.76. The Kier molecular flexibility index (Phi) is 9.33. The third kappa shape index (κ3) is 7.33. The molecule has 0 atom stereocenters. The quantitative estimate of drug-likeness (QED) is 0.308. The number of nitrogens with zero attached hydrogens (tertiary/aromatic N) is 1. The van der Waals surface area contributed by atoms with E-state index in [0.29, 0.717) is 5.92 Å². The fourth-order valence-corrected chi connectivity index (χ4v) is 5.86. The Hall–Kier alpha value is -1.55. The van der Waals surface area contributed by atoms with Crippen LogP contribution in [0.25, 0.3) is 0 Å². The summed E-state index contributed by atoms with van der Waals surface area (Å²) in [5, 5.41) is 8.70. The predicted octanol–water partition coefficient (Wildman–Crippen LogP) is 8.04. The number of hydrogen-bond donors (Lipinski definition) is 0. The molecule has 0 aliphatic heterocycles. The molecule has 0 N–H and O–H groups in total. The highest BCUT2D eigenvalue weighted by atomic mass is 14.4. The van der Waals surface area contributed by atoms with E-state index in [1.54, 1.807) is 6.08 Å². The van der Waals surface area contributed by atoms with Gasteiger partial charge in [-0.15, -0.1) is 0 Å². The van der Waals surface area contributed by atoms with Crippen molar-refractivity contribution in [3.05, 3.63) is 47.5 Å². The normalized spacial score (nSPS) is 27.7. The first-order chi connectivity index (χ1) is 14.3. The number of unbranched alkanes of at least 4 members (excludes halogenated alkanes) is 1. The van der Waals surface area contributed by atoms with Gasteiger partial charge in [0.2, 0.25) is 0 Å². The van der Waals surface area contributed by atoms with Gasteiger partial charge in [-0.25, -0.2) is 0 Å². The van der Waals surface area contributed by atoms with Gasteiger partial charge in [-0.3, -0.25) is 0 Å². The molecule has 0 radical (unpaired) electrons. The predicted molar refractivity (Wildman–Crippen MR) is 124 cm³/mol. The maximum Gasteiger partial charge on any atom is 0.0908 e. The van der Waals surface area contributed by atoms with E-state index in [4.69, 9.17) is 5.26 Å². The van der Waals surface area contributed by atoms with Crippen molar-refractivity contribution < 1.29 is 0 Å². The summed E-state index contributed by atoms with van der Waals surface area (Å²) in [5.74, 6) is 3.63. The molecule has 0 heterocycles. The van der Waals surface area contributed by atoms with Crippen LogP contribution in [0.2, 0.25) is 0 Å². The first-order valence-electron chi connectivity index (χ1n) is 12.4. The molecule has 0 unspecified atom stereocenters. The van der Waals surface area contributed by atoms with Crippen LogP contribution in [0.15, 0.2) is 36.4 Å². The molecule has 0 spiro atoms. The first kappa shape index (κ1) is 22.1. The average molecular weight is 392 g/mol. The zero-order chi connectivity index (χ0) is 20.3. The van der Waals surface area contributed by atoms with Gasteiger partial charge in [-0.1, -0.05) is 69.4 Å². The van der Waals surface area contributed by atoms with Crippen LogP contribution >= 0.6 is 0 Å². The summed E-state index contributed by atoms with van der Waals surface area (Å²) >= 11 is 0. The lowest BCUT2D eigenvalue weighted by molar-refractivity contribution is 0.151. The van der Waals surface area contributed by atoms with E-state index in [2.05, 4.69) is 43.3 Å². The summed E-state index contributed by atoms with van der Waals surface area (Å²) < 4.78 is 0. The Morgan fingerprint density at radius 3 is 2.00 bits per heavy atom. The standard InChI is InChI=1S/C28H41N/c1-2-6-23-10-12-24(13-11-23)7-3-4-8-25-14-18-27(19-15-25)28-20-16-26(17-21-28)9-5-22-29/h5,9-13,25-28H,2-4,6-8,14-21H2,1H3/b9-5+/t25-,26?,27-,28?. The molecule has 2 aliphatic carbocycles. The van der Waals surface area contributed by atoms with Gasteiger partial charge in [0.25, 0.3) is 0 Å². The molecule has 3 rings (SSSR count). The molecule has 1 heteroatoms. The van der Waals surface area contributed by atoms with Crippen molar-refractivity contribution >= 4 is 0 Å². The van der Waals surface area contributed by atoms with E-state index in [1.165, 1.54) is 101 Å². The van der Waals surface area contributed by atoms with Gasteiger partial charge in [-0.05, 0) is 92.6 Å². The third-order valence-corrected chi connectivity index (χ3v) is 7.71. The third-order valence-electron chi connectivity index (χ3n) is 7.71. The van der Waals surface area contributed by atoms with Gasteiger partial charge in [-0.2, -0.15) is 5.26 Å². The van der Waals surface area contributed by atoms with Gasteiger partial charge in [0, 0.05) is 6.08 Å². The zero-order valence-corrected chi connectivity index (χ0v) is 18.6. The van der Waals surface area contributed by atoms with Crippen molar-refractivity contribution in [3.8, 4) is 6.07 Å². The maximum absolute atomic E-state index is 8.70. The lowest BCUT2D eigenvalue weighted by Crippen LogP contribution is -2.25. The van der Waals surface area contributed by atoms with E-state index < -0.39 is 0 Å². The van der Waals surface area contributed by atoms with Crippen molar-refractivity contribution in [2.75, 3.05) is 0 Å². The summed E-state index contributed by atoms with van der Waals surface area (Å²) in [7, 11) is 0. The number of benzene rings is 1. The highest BCUT2D eigenvalue weighted by Crippen LogP contribution is 2.42. The van der Waals surface area contributed by atoms with Crippen LogP contribution in [0.3, 0.4) is 0 Å². The van der Waals surface area contributed by atoms with E-state index in [9.17, 15) is 0 Å². The number of nitriles is 1. The minimum atomic E-state index is 0.671. The highest BCUT2D eigenvalue weighted by Gasteiger charge is 2.30. The number of rotatable bonds is 9. The molecule has 0 saturated heterocycles. The SMILES string of the molecule is CCCc1ccc(CCCC[C@H]2CC[C@H](C3CCC(/C=C/C#N)CC3)CC2)cc1. The van der Waals surface area contributed by atoms with E-state index in [0.717, 1.165) is 17.8 Å². The number of hydrogen-bond acceptors (Lipinski definition) is 1. The molecule has 0 aromatic heterocycles. The first-order valence-corrected chi connectivity index (χ1v) is 12.4. The van der Waals surface area contributed by atoms with Gasteiger partial charge in [0.15, 0.2) is 0 Å². The number of allylic oxidation sites excluding steroid dienone is 2. The van der Waals surface area contributed by atoms with E-state index in [-0.39, 0.29) is 0 Å². The van der Waals surface area contributed by atoms with Gasteiger partial charge in [0.1, 0.15) is 0 Å². The summed E-state index contributed by atoms with van der Waals surface area (Å²) in [5.41, 5.74) is 3.01. The largest absolute Gasteiger partial charge is 0.193 e. The minimum Gasteiger partial charge on any atom is -0.193 e. The smallest absolute Gasteiger partial charge is 0.0908 e. The zero-order valence-electron chi connectivity index (χ0n) is 18.6. The fourth-order valence-electron chi connectivity index (χ4n) is 5.86. The number of aryl methyl sites for hydroxylation is 2. The maximum atomic E-state index is 8.70. The fraction of sp³-hybridized carbons (Fsp3) is 0.679. The Bertz CT molecular complexity index is 634. The minimum absolute atomic E-state index is 0.671. The highest BCUT2D eigenvalue weighted by molar-refractivity contribution is 5.22. The Morgan fingerprint density at radius 2 is 1.41 bits per heavy atom. The molecule has 2 saturated carbocycles. The molecular weight excluding hydrogens is 350 g/mol. The monoisotopic (exact) mass is 391 g/mol.